The maximum Gasteiger partial charge on any atom is 0.329 e. The van der Waals surface area contributed by atoms with Gasteiger partial charge in [-0.15, -0.1) is 0 Å². The van der Waals surface area contributed by atoms with E-state index in [9.17, 15) is 9.59 Å². The van der Waals surface area contributed by atoms with Crippen LogP contribution in [0.15, 0.2) is 0 Å². The van der Waals surface area contributed by atoms with Gasteiger partial charge in [-0.3, -0.25) is 4.79 Å². The van der Waals surface area contributed by atoms with Crippen molar-refractivity contribution in [3.63, 3.8) is 0 Å². The number of carbonyl (C=O) groups is 2. The average Bonchev–Trinajstić information content (AvgIpc) is 2.63. The van der Waals surface area contributed by atoms with Crippen LogP contribution in [0.25, 0.3) is 0 Å². The summed E-state index contributed by atoms with van der Waals surface area (Å²) in [6, 6.07) is 0.406. The summed E-state index contributed by atoms with van der Waals surface area (Å²) >= 11 is 0. The van der Waals surface area contributed by atoms with Crippen molar-refractivity contribution in [2.45, 2.75) is 18.9 Å². The van der Waals surface area contributed by atoms with Gasteiger partial charge in [-0.05, 0) is 26.4 Å². The molecule has 1 saturated heterocycles. The summed E-state index contributed by atoms with van der Waals surface area (Å²) in [7, 11) is 3.77. The number of amides is 1. The summed E-state index contributed by atoms with van der Waals surface area (Å²) in [5.41, 5.74) is 0. The average molecular weight is 244 g/mol. The van der Waals surface area contributed by atoms with Crippen LogP contribution in [-0.4, -0.2) is 73.2 Å². The highest BCUT2D eigenvalue weighted by Gasteiger charge is 2.23. The smallest absolute Gasteiger partial charge is 0.329 e. The second-order valence-corrected chi connectivity index (χ2v) is 4.44. The molecule has 0 aliphatic carbocycles. The van der Waals surface area contributed by atoms with E-state index in [1.54, 1.807) is 11.9 Å². The number of aliphatic carboxylic acids is 1. The summed E-state index contributed by atoms with van der Waals surface area (Å²) < 4.78 is 4.76. The monoisotopic (exact) mass is 244 g/mol. The highest BCUT2D eigenvalue weighted by Crippen LogP contribution is 2.15. The first-order valence-electron chi connectivity index (χ1n) is 5.74. The highest BCUT2D eigenvalue weighted by molar-refractivity contribution is 5.77. The van der Waals surface area contributed by atoms with Crippen LogP contribution in [0.5, 0.6) is 0 Å². The standard InChI is InChI=1S/C11H20N2O4/c1-12-5-3-4-9(12)6-13(2)10(14)7-17-8-11(15)16/h9H,3-8H2,1-2H3,(H,15,16). The Balaban J connectivity index is 2.24. The van der Waals surface area contributed by atoms with Crippen LogP contribution in [-0.2, 0) is 14.3 Å². The molecule has 0 bridgehead atoms. The number of likely N-dealkylation sites (tertiary alicyclic amines) is 1. The van der Waals surface area contributed by atoms with E-state index in [0.717, 1.165) is 13.0 Å². The number of rotatable bonds is 6. The first-order chi connectivity index (χ1) is 8.00. The van der Waals surface area contributed by atoms with Crippen LogP contribution in [0.3, 0.4) is 0 Å². The van der Waals surface area contributed by atoms with Crippen molar-refractivity contribution in [3.8, 4) is 0 Å². The number of carboxylic acids is 1. The molecule has 1 atom stereocenters. The Bertz CT molecular complexity index is 283. The minimum absolute atomic E-state index is 0.167. The topological polar surface area (TPSA) is 70.1 Å². The molecule has 17 heavy (non-hydrogen) atoms. The molecule has 0 spiro atoms. The summed E-state index contributed by atoms with van der Waals surface area (Å²) in [5.74, 6) is -1.23. The molecule has 0 aromatic carbocycles. The first-order valence-corrected chi connectivity index (χ1v) is 5.74. The van der Waals surface area contributed by atoms with E-state index in [2.05, 4.69) is 11.9 Å². The van der Waals surface area contributed by atoms with Crippen molar-refractivity contribution in [2.75, 3.05) is 40.4 Å². The van der Waals surface area contributed by atoms with Crippen LogP contribution in [0.1, 0.15) is 12.8 Å². The van der Waals surface area contributed by atoms with Gasteiger partial charge in [0.1, 0.15) is 13.2 Å². The van der Waals surface area contributed by atoms with Crippen molar-refractivity contribution < 1.29 is 19.4 Å². The molecule has 1 aliphatic heterocycles. The van der Waals surface area contributed by atoms with Gasteiger partial charge in [-0.1, -0.05) is 0 Å². The summed E-state index contributed by atoms with van der Waals surface area (Å²) in [5, 5.41) is 8.37. The van der Waals surface area contributed by atoms with E-state index in [4.69, 9.17) is 9.84 Å². The lowest BCUT2D eigenvalue weighted by Crippen LogP contribution is -2.41. The Hall–Kier alpha value is -1.14. The molecular formula is C11H20N2O4. The van der Waals surface area contributed by atoms with E-state index in [1.165, 1.54) is 6.42 Å². The molecule has 0 aromatic heterocycles. The fraction of sp³-hybridized carbons (Fsp3) is 0.818. The molecule has 98 valence electrons. The molecular weight excluding hydrogens is 224 g/mol. The molecule has 1 unspecified atom stereocenters. The summed E-state index contributed by atoms with van der Waals surface area (Å²) in [4.78, 5) is 25.7. The van der Waals surface area contributed by atoms with Gasteiger partial charge in [-0.2, -0.15) is 0 Å². The van der Waals surface area contributed by atoms with Gasteiger partial charge < -0.3 is 19.6 Å². The predicted octanol–water partition coefficient (Wildman–Crippen LogP) is -0.360. The van der Waals surface area contributed by atoms with E-state index in [1.807, 2.05) is 0 Å². The number of likely N-dealkylation sites (N-methyl/N-ethyl adjacent to an activating group) is 2. The zero-order valence-electron chi connectivity index (χ0n) is 10.4. The van der Waals surface area contributed by atoms with Gasteiger partial charge in [0.15, 0.2) is 0 Å². The van der Waals surface area contributed by atoms with Crippen LogP contribution < -0.4 is 0 Å². The Morgan fingerprint density at radius 3 is 2.71 bits per heavy atom. The first kappa shape index (κ1) is 13.9. The van der Waals surface area contributed by atoms with Crippen molar-refractivity contribution in [1.82, 2.24) is 9.80 Å². The Morgan fingerprint density at radius 1 is 1.47 bits per heavy atom. The predicted molar refractivity (Wildman–Crippen MR) is 61.7 cm³/mol. The Kier molecular flexibility index (Phi) is 5.37. The number of carboxylic acid groups (broad SMARTS) is 1. The third-order valence-electron chi connectivity index (χ3n) is 3.03. The normalized spacial score (nSPS) is 20.5. The van der Waals surface area contributed by atoms with E-state index < -0.39 is 12.6 Å². The molecule has 1 rings (SSSR count). The molecule has 1 aliphatic rings. The SMILES string of the molecule is CN(CC1CCCN1C)C(=O)COCC(=O)O. The summed E-state index contributed by atoms with van der Waals surface area (Å²) in [6.07, 6.45) is 2.27. The van der Waals surface area contributed by atoms with E-state index in [0.29, 0.717) is 12.6 Å². The van der Waals surface area contributed by atoms with Crippen LogP contribution in [0.4, 0.5) is 0 Å². The van der Waals surface area contributed by atoms with Gasteiger partial charge in [-0.25, -0.2) is 4.79 Å². The van der Waals surface area contributed by atoms with Crippen molar-refractivity contribution >= 4 is 11.9 Å². The number of nitrogens with zero attached hydrogens (tertiary/aromatic N) is 2. The maximum absolute atomic E-state index is 11.6. The molecule has 0 radical (unpaired) electrons. The van der Waals surface area contributed by atoms with E-state index >= 15 is 0 Å². The fourth-order valence-electron chi connectivity index (χ4n) is 1.96. The number of ether oxygens (including phenoxy) is 1. The van der Waals surface area contributed by atoms with Gasteiger partial charge >= 0.3 is 5.97 Å². The largest absolute Gasteiger partial charge is 0.480 e. The third-order valence-corrected chi connectivity index (χ3v) is 3.03. The van der Waals surface area contributed by atoms with Crippen molar-refractivity contribution in [1.29, 1.82) is 0 Å². The molecule has 0 aromatic rings. The van der Waals surface area contributed by atoms with Crippen molar-refractivity contribution in [3.05, 3.63) is 0 Å². The zero-order valence-corrected chi connectivity index (χ0v) is 10.4. The Morgan fingerprint density at radius 2 is 2.18 bits per heavy atom. The fourth-order valence-corrected chi connectivity index (χ4v) is 1.96. The molecule has 1 heterocycles. The molecule has 1 fully saturated rings. The maximum atomic E-state index is 11.6. The minimum atomic E-state index is -1.06. The lowest BCUT2D eigenvalue weighted by Gasteiger charge is -2.25. The molecule has 1 N–H and O–H groups in total. The summed E-state index contributed by atoms with van der Waals surface area (Å²) in [6.45, 7) is 1.15. The second kappa shape index (κ2) is 6.56. The van der Waals surface area contributed by atoms with Gasteiger partial charge in [0, 0.05) is 19.6 Å². The second-order valence-electron chi connectivity index (χ2n) is 4.44. The lowest BCUT2D eigenvalue weighted by molar-refractivity contribution is -0.145. The molecule has 6 heteroatoms. The number of hydrogen-bond acceptors (Lipinski definition) is 4. The van der Waals surface area contributed by atoms with Crippen LogP contribution in [0.2, 0.25) is 0 Å². The van der Waals surface area contributed by atoms with Gasteiger partial charge in [0.2, 0.25) is 5.91 Å². The lowest BCUT2D eigenvalue weighted by atomic mass is 10.2. The minimum Gasteiger partial charge on any atom is -0.480 e. The molecule has 6 nitrogen and oxygen atoms in total. The molecule has 1 amide bonds. The van der Waals surface area contributed by atoms with Gasteiger partial charge in [0.05, 0.1) is 0 Å². The highest BCUT2D eigenvalue weighted by atomic mass is 16.5. The van der Waals surface area contributed by atoms with Crippen LogP contribution >= 0.6 is 0 Å². The molecule has 0 saturated carbocycles. The van der Waals surface area contributed by atoms with E-state index in [-0.39, 0.29) is 12.5 Å². The van der Waals surface area contributed by atoms with Gasteiger partial charge in [0.25, 0.3) is 0 Å². The zero-order chi connectivity index (χ0) is 12.8. The third kappa shape index (κ3) is 4.70. The number of carbonyl (C=O) groups excluding carboxylic acids is 1. The van der Waals surface area contributed by atoms with Crippen LogP contribution in [0, 0.1) is 0 Å². The van der Waals surface area contributed by atoms with Crippen molar-refractivity contribution in [2.24, 2.45) is 0 Å². The Labute approximate surface area is 101 Å². The number of hydrogen-bond donors (Lipinski definition) is 1. The quantitative estimate of drug-likeness (QED) is 0.691.